The Morgan fingerprint density at radius 1 is 0.829 bits per heavy atom. The normalized spacial score (nSPS) is 13.1. The fourth-order valence-corrected chi connectivity index (χ4v) is 3.59. The molecule has 0 unspecified atom stereocenters. The Kier molecular flexibility index (Phi) is 6.93. The zero-order valence-electron chi connectivity index (χ0n) is 18.6. The van der Waals surface area contributed by atoms with Crippen LogP contribution in [0.25, 0.3) is 0 Å². The van der Waals surface area contributed by atoms with Gasteiger partial charge in [0.2, 0.25) is 0 Å². The zero-order valence-corrected chi connectivity index (χ0v) is 19.3. The van der Waals surface area contributed by atoms with Crippen LogP contribution in [0.5, 0.6) is 0 Å². The Morgan fingerprint density at radius 3 is 2.06 bits per heavy atom. The number of imide groups is 1. The van der Waals surface area contributed by atoms with E-state index in [1.807, 2.05) is 0 Å². The molecule has 9 heteroatoms. The molecule has 2 N–H and O–H groups in total. The van der Waals surface area contributed by atoms with Crippen LogP contribution in [-0.4, -0.2) is 30.3 Å². The number of nitrogens with zero attached hydrogens (tertiary/aromatic N) is 1. The van der Waals surface area contributed by atoms with E-state index in [1.54, 1.807) is 85.8 Å². The highest BCUT2D eigenvalue weighted by Crippen LogP contribution is 2.30. The first kappa shape index (κ1) is 23.7. The van der Waals surface area contributed by atoms with E-state index in [4.69, 9.17) is 16.3 Å². The smallest absolute Gasteiger partial charge is 0.338 e. The Morgan fingerprint density at radius 2 is 1.43 bits per heavy atom. The number of para-hydroxylation sites is 1. The Bertz CT molecular complexity index is 1320. The van der Waals surface area contributed by atoms with Crippen molar-refractivity contribution in [3.05, 3.63) is 101 Å². The van der Waals surface area contributed by atoms with Gasteiger partial charge in [-0.2, -0.15) is 0 Å². The van der Waals surface area contributed by atoms with Crippen LogP contribution in [-0.2, 0) is 14.3 Å². The van der Waals surface area contributed by atoms with Gasteiger partial charge in [0.05, 0.1) is 17.9 Å². The number of esters is 1. The summed E-state index contributed by atoms with van der Waals surface area (Å²) in [4.78, 5) is 50.7. The van der Waals surface area contributed by atoms with Gasteiger partial charge in [-0.3, -0.25) is 14.4 Å². The average molecular weight is 490 g/mol. The second-order valence-electron chi connectivity index (χ2n) is 7.42. The predicted octanol–water partition coefficient (Wildman–Crippen LogP) is 4.55. The van der Waals surface area contributed by atoms with Gasteiger partial charge in [-0.15, -0.1) is 0 Å². The number of amides is 3. The van der Waals surface area contributed by atoms with Crippen LogP contribution in [0.4, 0.5) is 17.1 Å². The molecule has 1 heterocycles. The van der Waals surface area contributed by atoms with Gasteiger partial charge in [0.25, 0.3) is 17.7 Å². The van der Waals surface area contributed by atoms with Crippen LogP contribution in [0.15, 0.2) is 89.6 Å². The monoisotopic (exact) mass is 489 g/mol. The van der Waals surface area contributed by atoms with E-state index in [9.17, 15) is 19.2 Å². The quantitative estimate of drug-likeness (QED) is 0.372. The molecular formula is C26H20ClN3O5. The molecule has 0 saturated heterocycles. The third-order valence-electron chi connectivity index (χ3n) is 5.11. The van der Waals surface area contributed by atoms with Crippen molar-refractivity contribution in [2.75, 3.05) is 22.1 Å². The molecule has 0 aliphatic carbocycles. The van der Waals surface area contributed by atoms with Gasteiger partial charge in [0.1, 0.15) is 10.7 Å². The maximum Gasteiger partial charge on any atom is 0.338 e. The standard InChI is InChI=1S/C26H20ClN3O5/c1-2-35-26(34)17-10-14-19(15-11-17)29-23(31)16-8-12-18(13-9-16)28-22-21(27)24(32)30(25(22)33)20-6-4-3-5-7-20/h3-15,28H,2H2,1H3,(H,29,31). The number of carbonyl (C=O) groups is 4. The molecule has 8 nitrogen and oxygen atoms in total. The lowest BCUT2D eigenvalue weighted by molar-refractivity contribution is -0.120. The number of halogens is 1. The van der Waals surface area contributed by atoms with Crippen molar-refractivity contribution in [1.82, 2.24) is 0 Å². The van der Waals surface area contributed by atoms with Gasteiger partial charge in [0, 0.05) is 16.9 Å². The lowest BCUT2D eigenvalue weighted by Gasteiger charge is -2.15. The van der Waals surface area contributed by atoms with E-state index in [0.717, 1.165) is 4.90 Å². The van der Waals surface area contributed by atoms with Gasteiger partial charge in [-0.05, 0) is 67.6 Å². The molecule has 3 amide bonds. The summed E-state index contributed by atoms with van der Waals surface area (Å²) >= 11 is 6.15. The van der Waals surface area contributed by atoms with E-state index in [-0.39, 0.29) is 23.2 Å². The fraction of sp³-hybridized carbons (Fsp3) is 0.0769. The van der Waals surface area contributed by atoms with E-state index < -0.39 is 17.8 Å². The van der Waals surface area contributed by atoms with Crippen molar-refractivity contribution in [3.8, 4) is 0 Å². The molecule has 0 atom stereocenters. The molecule has 1 aliphatic rings. The Labute approximate surface area is 206 Å². The van der Waals surface area contributed by atoms with Crippen LogP contribution in [0.1, 0.15) is 27.6 Å². The summed E-state index contributed by atoms with van der Waals surface area (Å²) in [5.41, 5.74) is 2.12. The molecule has 4 rings (SSSR count). The van der Waals surface area contributed by atoms with Gasteiger partial charge < -0.3 is 15.4 Å². The molecule has 0 saturated carbocycles. The molecule has 3 aromatic rings. The zero-order chi connectivity index (χ0) is 24.9. The summed E-state index contributed by atoms with van der Waals surface area (Å²) in [5, 5.41) is 5.40. The highest BCUT2D eigenvalue weighted by Gasteiger charge is 2.38. The maximum absolute atomic E-state index is 12.8. The van der Waals surface area contributed by atoms with Crippen molar-refractivity contribution in [1.29, 1.82) is 0 Å². The molecule has 0 spiro atoms. The SMILES string of the molecule is CCOC(=O)c1ccc(NC(=O)c2ccc(NC3=C(Cl)C(=O)N(c4ccccc4)C3=O)cc2)cc1. The van der Waals surface area contributed by atoms with Crippen LogP contribution in [0, 0.1) is 0 Å². The molecule has 0 bridgehead atoms. The highest BCUT2D eigenvalue weighted by atomic mass is 35.5. The number of anilines is 3. The van der Waals surface area contributed by atoms with E-state index in [0.29, 0.717) is 28.2 Å². The molecule has 176 valence electrons. The second kappa shape index (κ2) is 10.2. The van der Waals surface area contributed by atoms with E-state index in [1.165, 1.54) is 0 Å². The third kappa shape index (κ3) is 5.07. The number of rotatable bonds is 7. The highest BCUT2D eigenvalue weighted by molar-refractivity contribution is 6.53. The molecular weight excluding hydrogens is 470 g/mol. The summed E-state index contributed by atoms with van der Waals surface area (Å²) in [7, 11) is 0. The largest absolute Gasteiger partial charge is 0.462 e. The second-order valence-corrected chi connectivity index (χ2v) is 7.80. The number of ether oxygens (including phenoxy) is 1. The molecule has 0 aromatic heterocycles. The van der Waals surface area contributed by atoms with Gasteiger partial charge in [-0.1, -0.05) is 29.8 Å². The molecule has 0 radical (unpaired) electrons. The predicted molar refractivity (Wildman–Crippen MR) is 132 cm³/mol. The maximum atomic E-state index is 12.8. The molecule has 0 fully saturated rings. The number of hydrogen-bond donors (Lipinski definition) is 2. The number of carbonyl (C=O) groups excluding carboxylic acids is 4. The van der Waals surface area contributed by atoms with Gasteiger partial charge in [-0.25, -0.2) is 9.69 Å². The first-order valence-electron chi connectivity index (χ1n) is 10.7. The first-order chi connectivity index (χ1) is 16.9. The summed E-state index contributed by atoms with van der Waals surface area (Å²) in [6.45, 7) is 2.00. The van der Waals surface area contributed by atoms with Crippen molar-refractivity contribution in [2.45, 2.75) is 6.92 Å². The number of benzene rings is 3. The summed E-state index contributed by atoms with van der Waals surface area (Å²) in [6, 6.07) is 21.2. The topological polar surface area (TPSA) is 105 Å². The third-order valence-corrected chi connectivity index (χ3v) is 5.46. The van der Waals surface area contributed by atoms with Crippen LogP contribution >= 0.6 is 11.6 Å². The summed E-state index contributed by atoms with van der Waals surface area (Å²) in [5.74, 6) is -1.98. The number of nitrogens with one attached hydrogen (secondary N) is 2. The van der Waals surface area contributed by atoms with Crippen LogP contribution in [0.2, 0.25) is 0 Å². The summed E-state index contributed by atoms with van der Waals surface area (Å²) in [6.07, 6.45) is 0. The van der Waals surface area contributed by atoms with Gasteiger partial charge >= 0.3 is 5.97 Å². The molecule has 1 aliphatic heterocycles. The lowest BCUT2D eigenvalue weighted by Crippen LogP contribution is -2.32. The van der Waals surface area contributed by atoms with Crippen molar-refractivity contribution in [2.24, 2.45) is 0 Å². The van der Waals surface area contributed by atoms with Crippen LogP contribution in [0.3, 0.4) is 0 Å². The fourth-order valence-electron chi connectivity index (χ4n) is 3.38. The van der Waals surface area contributed by atoms with Crippen molar-refractivity contribution in [3.63, 3.8) is 0 Å². The van der Waals surface area contributed by atoms with Crippen LogP contribution < -0.4 is 15.5 Å². The minimum atomic E-state index is -0.615. The molecule has 3 aromatic carbocycles. The minimum absolute atomic E-state index is 0.0422. The first-order valence-corrected chi connectivity index (χ1v) is 11.1. The van der Waals surface area contributed by atoms with Gasteiger partial charge in [0.15, 0.2) is 0 Å². The minimum Gasteiger partial charge on any atom is -0.462 e. The average Bonchev–Trinajstić information content (AvgIpc) is 3.08. The molecule has 35 heavy (non-hydrogen) atoms. The van der Waals surface area contributed by atoms with E-state index >= 15 is 0 Å². The lowest BCUT2D eigenvalue weighted by atomic mass is 10.1. The van der Waals surface area contributed by atoms with Crippen molar-refractivity contribution < 1.29 is 23.9 Å². The van der Waals surface area contributed by atoms with E-state index in [2.05, 4.69) is 10.6 Å². The Balaban J connectivity index is 1.42. The Hall–Kier alpha value is -4.43. The van der Waals surface area contributed by atoms with Crippen molar-refractivity contribution >= 4 is 52.4 Å². The summed E-state index contributed by atoms with van der Waals surface area (Å²) < 4.78 is 4.94. The number of hydrogen-bond acceptors (Lipinski definition) is 6.